The molecule has 26 heavy (non-hydrogen) atoms. The van der Waals surface area contributed by atoms with E-state index in [1.54, 1.807) is 11.1 Å². The van der Waals surface area contributed by atoms with Gasteiger partial charge in [0, 0.05) is 24.5 Å². The van der Waals surface area contributed by atoms with E-state index in [1.165, 1.54) is 12.4 Å². The van der Waals surface area contributed by atoms with Crippen LogP contribution in [0, 0.1) is 6.92 Å². The first-order valence-electron chi connectivity index (χ1n) is 8.31. The van der Waals surface area contributed by atoms with Crippen LogP contribution in [0.15, 0.2) is 48.4 Å². The Bertz CT molecular complexity index is 1050. The van der Waals surface area contributed by atoms with E-state index in [1.807, 2.05) is 36.1 Å². The lowest BCUT2D eigenvalue weighted by Gasteiger charge is -2.40. The van der Waals surface area contributed by atoms with Gasteiger partial charge in [-0.15, -0.1) is 0 Å². The topological polar surface area (TPSA) is 78.8 Å². The van der Waals surface area contributed by atoms with Crippen LogP contribution in [0.5, 0.6) is 0 Å². The average Bonchev–Trinajstić information content (AvgIpc) is 2.66. The molecule has 2 aromatic rings. The Balaban J connectivity index is 1.83. The van der Waals surface area contributed by atoms with Crippen LogP contribution >= 0.6 is 0 Å². The van der Waals surface area contributed by atoms with Crippen LogP contribution in [0.1, 0.15) is 5.56 Å². The summed E-state index contributed by atoms with van der Waals surface area (Å²) in [5.74, 6) is -0.422. The molecule has 1 aromatic carbocycles. The maximum absolute atomic E-state index is 12.6. The fourth-order valence-electron chi connectivity index (χ4n) is 3.47. The van der Waals surface area contributed by atoms with Gasteiger partial charge in [-0.25, -0.2) is 9.97 Å². The summed E-state index contributed by atoms with van der Waals surface area (Å²) in [6.07, 6.45) is 6.18. The highest BCUT2D eigenvalue weighted by molar-refractivity contribution is 6.06. The molecule has 0 saturated carbocycles. The van der Waals surface area contributed by atoms with Gasteiger partial charge in [0.1, 0.15) is 12.4 Å². The Morgan fingerprint density at radius 1 is 1.35 bits per heavy atom. The third-order valence-electron chi connectivity index (χ3n) is 4.66. The Morgan fingerprint density at radius 2 is 2.19 bits per heavy atom. The zero-order valence-electron chi connectivity index (χ0n) is 14.3. The number of hydrogen-bond donors (Lipinski definition) is 0. The van der Waals surface area contributed by atoms with E-state index in [2.05, 4.69) is 21.5 Å². The summed E-state index contributed by atoms with van der Waals surface area (Å²) in [6, 6.07) is 5.24. The normalized spacial score (nSPS) is 18.3. The first kappa shape index (κ1) is 16.1. The molecule has 1 aromatic heterocycles. The molecule has 1 unspecified atom stereocenters. The van der Waals surface area contributed by atoms with E-state index in [-0.39, 0.29) is 11.8 Å². The third-order valence-corrected chi connectivity index (χ3v) is 4.66. The van der Waals surface area contributed by atoms with Gasteiger partial charge in [0.05, 0.1) is 11.4 Å². The standard InChI is InChI=1S/C19H17N5O2/c1-3-16(25)24-8-7-23(14-6-4-5-12(2)17(14)24)15-9-13-10-20-11-21-18(13)22-19(15)26/h3-6,9-11,15H,1,7-8H2,2H3. The summed E-state index contributed by atoms with van der Waals surface area (Å²) in [7, 11) is 0. The number of aryl methyl sites for hydroxylation is 1. The van der Waals surface area contributed by atoms with Gasteiger partial charge < -0.3 is 9.80 Å². The number of hydrogen-bond acceptors (Lipinski definition) is 5. The Labute approximate surface area is 150 Å². The minimum Gasteiger partial charge on any atom is -0.353 e. The molecule has 0 spiro atoms. The highest BCUT2D eigenvalue weighted by Crippen LogP contribution is 2.37. The van der Waals surface area contributed by atoms with Crippen molar-refractivity contribution in [1.82, 2.24) is 9.97 Å². The van der Waals surface area contributed by atoms with Gasteiger partial charge in [-0.2, -0.15) is 4.99 Å². The number of benzene rings is 1. The molecule has 4 rings (SSSR count). The number of carbonyl (C=O) groups is 2. The number of aromatic nitrogens is 2. The molecule has 0 N–H and O–H groups in total. The van der Waals surface area contributed by atoms with E-state index in [9.17, 15) is 9.59 Å². The molecular formula is C19H17N5O2. The molecule has 2 amide bonds. The third kappa shape index (κ3) is 2.48. The predicted octanol–water partition coefficient (Wildman–Crippen LogP) is 0.133. The van der Waals surface area contributed by atoms with E-state index in [0.717, 1.165) is 22.2 Å². The molecule has 0 bridgehead atoms. The smallest absolute Gasteiger partial charge is 0.274 e. The fourth-order valence-corrected chi connectivity index (χ4v) is 3.47. The van der Waals surface area contributed by atoms with Gasteiger partial charge in [0.15, 0.2) is 5.49 Å². The molecule has 3 heterocycles. The molecule has 0 fully saturated rings. The lowest BCUT2D eigenvalue weighted by atomic mass is 10.0. The van der Waals surface area contributed by atoms with Crippen molar-refractivity contribution in [2.45, 2.75) is 13.0 Å². The highest BCUT2D eigenvalue weighted by atomic mass is 16.2. The van der Waals surface area contributed by atoms with Gasteiger partial charge in [-0.1, -0.05) is 18.7 Å². The number of carbonyl (C=O) groups excluding carboxylic acids is 2. The van der Waals surface area contributed by atoms with Crippen molar-refractivity contribution < 1.29 is 9.59 Å². The summed E-state index contributed by atoms with van der Waals surface area (Å²) in [5.41, 5.74) is 2.99. The molecule has 2 aliphatic heterocycles. The van der Waals surface area contributed by atoms with Crippen molar-refractivity contribution >= 4 is 29.3 Å². The van der Waals surface area contributed by atoms with Crippen LogP contribution in [0.4, 0.5) is 11.4 Å². The molecular weight excluding hydrogens is 330 g/mol. The van der Waals surface area contributed by atoms with Gasteiger partial charge in [0.2, 0.25) is 0 Å². The van der Waals surface area contributed by atoms with Crippen LogP contribution in [-0.4, -0.2) is 40.9 Å². The highest BCUT2D eigenvalue weighted by Gasteiger charge is 2.33. The Morgan fingerprint density at radius 3 is 3.00 bits per heavy atom. The molecule has 0 aliphatic carbocycles. The van der Waals surface area contributed by atoms with Crippen LogP contribution in [0.2, 0.25) is 0 Å². The average molecular weight is 347 g/mol. The summed E-state index contributed by atoms with van der Waals surface area (Å²) >= 11 is 0. The number of fused-ring (bicyclic) bond motifs is 2. The van der Waals surface area contributed by atoms with E-state index < -0.39 is 6.04 Å². The zero-order valence-corrected chi connectivity index (χ0v) is 14.3. The minimum absolute atomic E-state index is 0.150. The number of para-hydroxylation sites is 1. The molecule has 0 radical (unpaired) electrons. The number of rotatable bonds is 2. The minimum atomic E-state index is -0.546. The first-order chi connectivity index (χ1) is 12.6. The van der Waals surface area contributed by atoms with Crippen molar-refractivity contribution in [2.75, 3.05) is 22.9 Å². The number of anilines is 2. The summed E-state index contributed by atoms with van der Waals surface area (Å²) in [5, 5.41) is 0.732. The first-order valence-corrected chi connectivity index (χ1v) is 8.31. The Kier molecular flexibility index (Phi) is 3.84. The zero-order chi connectivity index (χ0) is 18.3. The monoisotopic (exact) mass is 347 g/mol. The van der Waals surface area contributed by atoms with E-state index in [0.29, 0.717) is 18.6 Å². The molecule has 1 atom stereocenters. The summed E-state index contributed by atoms with van der Waals surface area (Å²) in [4.78, 5) is 40.7. The molecule has 130 valence electrons. The van der Waals surface area contributed by atoms with Crippen LogP contribution < -0.4 is 20.5 Å². The summed E-state index contributed by atoms with van der Waals surface area (Å²) in [6.45, 7) is 6.53. The van der Waals surface area contributed by atoms with Crippen molar-refractivity contribution in [2.24, 2.45) is 4.99 Å². The maximum atomic E-state index is 12.6. The summed E-state index contributed by atoms with van der Waals surface area (Å²) < 4.78 is 0. The maximum Gasteiger partial charge on any atom is 0.274 e. The number of amides is 2. The van der Waals surface area contributed by atoms with Crippen molar-refractivity contribution in [3.8, 4) is 0 Å². The van der Waals surface area contributed by atoms with Gasteiger partial charge >= 0.3 is 0 Å². The second-order valence-corrected chi connectivity index (χ2v) is 6.19. The Hall–Kier alpha value is -3.35. The fraction of sp³-hybridized carbons (Fsp3) is 0.211. The quantitative estimate of drug-likeness (QED) is 0.722. The van der Waals surface area contributed by atoms with Gasteiger partial charge in [-0.3, -0.25) is 9.59 Å². The molecule has 0 saturated heterocycles. The van der Waals surface area contributed by atoms with Crippen LogP contribution in [-0.2, 0) is 9.59 Å². The van der Waals surface area contributed by atoms with Gasteiger partial charge in [0.25, 0.3) is 11.8 Å². The predicted molar refractivity (Wildman–Crippen MR) is 97.1 cm³/mol. The van der Waals surface area contributed by atoms with Crippen LogP contribution in [0.3, 0.4) is 0 Å². The number of nitrogens with zero attached hydrogens (tertiary/aromatic N) is 5. The van der Waals surface area contributed by atoms with Crippen molar-refractivity contribution in [1.29, 1.82) is 0 Å². The largest absolute Gasteiger partial charge is 0.353 e. The van der Waals surface area contributed by atoms with Crippen molar-refractivity contribution in [3.63, 3.8) is 0 Å². The molecule has 7 nitrogen and oxygen atoms in total. The second-order valence-electron chi connectivity index (χ2n) is 6.19. The lowest BCUT2D eigenvalue weighted by molar-refractivity contribution is -0.118. The van der Waals surface area contributed by atoms with Crippen LogP contribution in [0.25, 0.3) is 6.08 Å². The van der Waals surface area contributed by atoms with E-state index >= 15 is 0 Å². The SMILES string of the molecule is C=CC(=O)N1CCN(C2C=c3cncnc3=NC2=O)c2cccc(C)c21. The van der Waals surface area contributed by atoms with E-state index in [4.69, 9.17) is 0 Å². The van der Waals surface area contributed by atoms with Gasteiger partial charge in [-0.05, 0) is 30.7 Å². The second kappa shape index (κ2) is 6.18. The molecule has 2 aliphatic rings. The van der Waals surface area contributed by atoms with Crippen molar-refractivity contribution in [3.05, 3.63) is 59.6 Å². The molecule has 7 heteroatoms. The lowest BCUT2D eigenvalue weighted by Crippen LogP contribution is -2.52.